The molecule has 0 N–H and O–H groups in total. The highest BCUT2D eigenvalue weighted by Gasteiger charge is 2.55. The van der Waals surface area contributed by atoms with Crippen molar-refractivity contribution in [1.29, 1.82) is 0 Å². The molecule has 1 fully saturated rings. The van der Waals surface area contributed by atoms with E-state index in [1.54, 1.807) is 7.11 Å². The van der Waals surface area contributed by atoms with Gasteiger partial charge in [-0.2, -0.15) is 0 Å². The minimum Gasteiger partial charge on any atom is -0.468 e. The summed E-state index contributed by atoms with van der Waals surface area (Å²) >= 11 is 0. The van der Waals surface area contributed by atoms with Gasteiger partial charge in [-0.05, 0) is 19.8 Å². The van der Waals surface area contributed by atoms with Crippen LogP contribution in [0, 0.1) is 11.3 Å². The van der Waals surface area contributed by atoms with Gasteiger partial charge < -0.3 is 14.2 Å². The molecular formula is C13H20O5. The Labute approximate surface area is 107 Å². The summed E-state index contributed by atoms with van der Waals surface area (Å²) < 4.78 is 14.8. The van der Waals surface area contributed by atoms with Crippen LogP contribution in [0.4, 0.5) is 0 Å². The summed E-state index contributed by atoms with van der Waals surface area (Å²) in [6, 6.07) is 0. The molecule has 1 saturated carbocycles. The first-order valence-electron chi connectivity index (χ1n) is 5.80. The highest BCUT2D eigenvalue weighted by atomic mass is 16.5. The van der Waals surface area contributed by atoms with Crippen LogP contribution < -0.4 is 0 Å². The van der Waals surface area contributed by atoms with Gasteiger partial charge >= 0.3 is 11.9 Å². The van der Waals surface area contributed by atoms with E-state index < -0.39 is 17.4 Å². The molecule has 1 aliphatic rings. The van der Waals surface area contributed by atoms with Crippen molar-refractivity contribution in [3.8, 4) is 0 Å². The van der Waals surface area contributed by atoms with E-state index in [4.69, 9.17) is 14.2 Å². The van der Waals surface area contributed by atoms with Gasteiger partial charge in [-0.3, -0.25) is 9.59 Å². The van der Waals surface area contributed by atoms with Crippen LogP contribution in [0.2, 0.25) is 0 Å². The molecule has 0 aromatic heterocycles. The Balaban J connectivity index is 3.06. The summed E-state index contributed by atoms with van der Waals surface area (Å²) in [6.07, 6.45) is 0.471. The number of esters is 2. The maximum absolute atomic E-state index is 11.9. The standard InChI is InChI=1S/C13H20O5/c1-8-6-13(11(14)17-4,12(15)18-5)7-10(8)9(2)16-3/h9-10H,1,6-7H2,2-5H3/t9-,10-/m0/s1. The van der Waals surface area contributed by atoms with Gasteiger partial charge in [0.2, 0.25) is 0 Å². The lowest BCUT2D eigenvalue weighted by atomic mass is 9.84. The Hall–Kier alpha value is -1.36. The molecule has 5 heteroatoms. The third-order valence-corrected chi connectivity index (χ3v) is 3.71. The van der Waals surface area contributed by atoms with E-state index in [0.29, 0.717) is 6.42 Å². The Kier molecular flexibility index (Phi) is 4.51. The summed E-state index contributed by atoms with van der Waals surface area (Å²) in [7, 11) is 4.12. The molecule has 0 unspecified atom stereocenters. The second-order valence-electron chi connectivity index (χ2n) is 4.65. The van der Waals surface area contributed by atoms with Crippen molar-refractivity contribution in [2.75, 3.05) is 21.3 Å². The van der Waals surface area contributed by atoms with Gasteiger partial charge in [0.15, 0.2) is 5.41 Å². The molecule has 0 aliphatic heterocycles. The van der Waals surface area contributed by atoms with Gasteiger partial charge in [-0.25, -0.2) is 0 Å². The van der Waals surface area contributed by atoms with Crippen molar-refractivity contribution in [2.45, 2.75) is 25.9 Å². The Morgan fingerprint density at radius 1 is 1.28 bits per heavy atom. The van der Waals surface area contributed by atoms with Crippen molar-refractivity contribution in [3.63, 3.8) is 0 Å². The summed E-state index contributed by atoms with van der Waals surface area (Å²) in [5, 5.41) is 0. The quantitative estimate of drug-likeness (QED) is 0.431. The fourth-order valence-corrected chi connectivity index (χ4v) is 2.56. The van der Waals surface area contributed by atoms with Crippen molar-refractivity contribution >= 4 is 11.9 Å². The SMILES string of the molecule is C=C1CC(C(=O)OC)(C(=O)OC)C[C@@H]1[C@H](C)OC. The van der Waals surface area contributed by atoms with E-state index >= 15 is 0 Å². The maximum Gasteiger partial charge on any atom is 0.323 e. The van der Waals surface area contributed by atoms with Crippen molar-refractivity contribution < 1.29 is 23.8 Å². The summed E-state index contributed by atoms with van der Waals surface area (Å²) in [5.74, 6) is -1.18. The van der Waals surface area contributed by atoms with Gasteiger partial charge in [-0.1, -0.05) is 12.2 Å². The normalized spacial score (nSPS) is 23.6. The highest BCUT2D eigenvalue weighted by Crippen LogP contribution is 2.48. The largest absolute Gasteiger partial charge is 0.468 e. The van der Waals surface area contributed by atoms with E-state index in [0.717, 1.165) is 5.57 Å². The zero-order chi connectivity index (χ0) is 13.9. The molecule has 1 aliphatic carbocycles. The first-order chi connectivity index (χ1) is 8.42. The van der Waals surface area contributed by atoms with Crippen molar-refractivity contribution in [2.24, 2.45) is 11.3 Å². The molecular weight excluding hydrogens is 236 g/mol. The molecule has 102 valence electrons. The number of rotatable bonds is 4. The second-order valence-corrected chi connectivity index (χ2v) is 4.65. The lowest BCUT2D eigenvalue weighted by Crippen LogP contribution is -2.39. The first-order valence-corrected chi connectivity index (χ1v) is 5.80. The second kappa shape index (κ2) is 5.52. The van der Waals surface area contributed by atoms with Crippen LogP contribution in [0.1, 0.15) is 19.8 Å². The van der Waals surface area contributed by atoms with Gasteiger partial charge in [0.1, 0.15) is 0 Å². The molecule has 2 atom stereocenters. The molecule has 0 heterocycles. The van der Waals surface area contributed by atoms with Crippen molar-refractivity contribution in [1.82, 2.24) is 0 Å². The molecule has 0 aromatic rings. The zero-order valence-electron chi connectivity index (χ0n) is 11.3. The minimum atomic E-state index is -1.27. The van der Waals surface area contributed by atoms with Crippen LogP contribution in [0.15, 0.2) is 12.2 Å². The van der Waals surface area contributed by atoms with E-state index in [-0.39, 0.29) is 18.4 Å². The van der Waals surface area contributed by atoms with Gasteiger partial charge in [0.25, 0.3) is 0 Å². The van der Waals surface area contributed by atoms with Gasteiger partial charge in [0.05, 0.1) is 20.3 Å². The smallest absolute Gasteiger partial charge is 0.323 e. The number of ether oxygens (including phenoxy) is 3. The number of carbonyl (C=O) groups is 2. The van der Waals surface area contributed by atoms with E-state index in [1.165, 1.54) is 14.2 Å². The fourth-order valence-electron chi connectivity index (χ4n) is 2.56. The van der Waals surface area contributed by atoms with Gasteiger partial charge in [0, 0.05) is 13.0 Å². The Morgan fingerprint density at radius 3 is 2.17 bits per heavy atom. The lowest BCUT2D eigenvalue weighted by molar-refractivity contribution is -0.169. The van der Waals surface area contributed by atoms with Crippen LogP contribution >= 0.6 is 0 Å². The van der Waals surface area contributed by atoms with E-state index in [1.807, 2.05) is 6.92 Å². The number of methoxy groups -OCH3 is 3. The molecule has 0 saturated heterocycles. The Bertz CT molecular complexity index is 344. The molecule has 0 amide bonds. The molecule has 1 rings (SSSR count). The molecule has 0 bridgehead atoms. The van der Waals surface area contributed by atoms with E-state index in [9.17, 15) is 9.59 Å². The zero-order valence-corrected chi connectivity index (χ0v) is 11.3. The number of hydrogen-bond donors (Lipinski definition) is 0. The minimum absolute atomic E-state index is 0.0480. The summed E-state index contributed by atoms with van der Waals surface area (Å²) in [5.41, 5.74) is -0.446. The maximum atomic E-state index is 11.9. The summed E-state index contributed by atoms with van der Waals surface area (Å²) in [4.78, 5) is 23.9. The summed E-state index contributed by atoms with van der Waals surface area (Å²) in [6.45, 7) is 5.83. The average molecular weight is 256 g/mol. The van der Waals surface area contributed by atoms with Crippen LogP contribution in [0.3, 0.4) is 0 Å². The highest BCUT2D eigenvalue weighted by molar-refractivity contribution is 6.01. The third-order valence-electron chi connectivity index (χ3n) is 3.71. The first kappa shape index (κ1) is 14.7. The molecule has 5 nitrogen and oxygen atoms in total. The van der Waals surface area contributed by atoms with Crippen LogP contribution in [0.25, 0.3) is 0 Å². The number of carbonyl (C=O) groups excluding carboxylic acids is 2. The lowest BCUT2D eigenvalue weighted by Gasteiger charge is -2.24. The molecule has 0 radical (unpaired) electrons. The topological polar surface area (TPSA) is 61.8 Å². The molecule has 0 aromatic carbocycles. The molecule has 18 heavy (non-hydrogen) atoms. The van der Waals surface area contributed by atoms with Crippen LogP contribution in [-0.4, -0.2) is 39.4 Å². The Morgan fingerprint density at radius 2 is 1.78 bits per heavy atom. The fraction of sp³-hybridized carbons (Fsp3) is 0.692. The average Bonchev–Trinajstić information content (AvgIpc) is 2.74. The number of hydrogen-bond acceptors (Lipinski definition) is 5. The van der Waals surface area contributed by atoms with Gasteiger partial charge in [-0.15, -0.1) is 0 Å². The van der Waals surface area contributed by atoms with E-state index in [2.05, 4.69) is 6.58 Å². The monoisotopic (exact) mass is 256 g/mol. The predicted molar refractivity (Wildman–Crippen MR) is 64.8 cm³/mol. The predicted octanol–water partition coefficient (Wildman–Crippen LogP) is 1.32. The van der Waals surface area contributed by atoms with Crippen LogP contribution in [0.5, 0.6) is 0 Å². The molecule has 0 spiro atoms. The van der Waals surface area contributed by atoms with Crippen LogP contribution in [-0.2, 0) is 23.8 Å². The van der Waals surface area contributed by atoms with Crippen molar-refractivity contribution in [3.05, 3.63) is 12.2 Å². The third kappa shape index (κ3) is 2.27.